The van der Waals surface area contributed by atoms with E-state index in [0.29, 0.717) is 18.4 Å². The molecule has 1 saturated carbocycles. The number of anilines is 1. The predicted octanol–water partition coefficient (Wildman–Crippen LogP) is 3.54. The summed E-state index contributed by atoms with van der Waals surface area (Å²) in [6.45, 7) is 1.41. The highest BCUT2D eigenvalue weighted by Gasteiger charge is 2.32. The molecule has 4 heterocycles. The number of carbonyl (C=O) groups excluding carboxylic acids is 1. The van der Waals surface area contributed by atoms with Gasteiger partial charge in [-0.25, -0.2) is 9.78 Å². The van der Waals surface area contributed by atoms with Crippen LogP contribution in [0.4, 0.5) is 10.6 Å². The van der Waals surface area contributed by atoms with E-state index in [4.69, 9.17) is 0 Å². The van der Waals surface area contributed by atoms with Gasteiger partial charge in [0.25, 0.3) is 0 Å². The van der Waals surface area contributed by atoms with Crippen molar-refractivity contribution in [2.75, 3.05) is 18.4 Å². The Morgan fingerprint density at radius 1 is 1.25 bits per heavy atom. The maximum atomic E-state index is 12.8. The van der Waals surface area contributed by atoms with Gasteiger partial charge >= 0.3 is 6.03 Å². The average Bonchev–Trinajstić information content (AvgIpc) is 3.27. The van der Waals surface area contributed by atoms with Gasteiger partial charge in [-0.3, -0.25) is 10.3 Å². The van der Waals surface area contributed by atoms with Gasteiger partial charge < -0.3 is 9.47 Å². The van der Waals surface area contributed by atoms with Crippen molar-refractivity contribution in [1.29, 1.82) is 0 Å². The first-order chi connectivity index (χ1) is 13.8. The number of urea groups is 1. The quantitative estimate of drug-likeness (QED) is 0.730. The van der Waals surface area contributed by atoms with Crippen LogP contribution in [0.3, 0.4) is 0 Å². The summed E-state index contributed by atoms with van der Waals surface area (Å²) in [5.41, 5.74) is 0.811. The second kappa shape index (κ2) is 7.31. The van der Waals surface area contributed by atoms with Crippen molar-refractivity contribution in [2.45, 2.75) is 37.6 Å². The first-order valence-corrected chi connectivity index (χ1v) is 10.5. The SMILES string of the molecule is O=C(Nc1csc(-c2ccccn2)n1)N1CCCC(c2nncn2C2CC2)C1. The van der Waals surface area contributed by atoms with Gasteiger partial charge in [0.05, 0.1) is 5.69 Å². The minimum atomic E-state index is -0.111. The second-order valence-electron chi connectivity index (χ2n) is 7.30. The molecule has 0 bridgehead atoms. The van der Waals surface area contributed by atoms with Gasteiger partial charge in [0, 0.05) is 36.6 Å². The molecule has 1 aliphatic heterocycles. The summed E-state index contributed by atoms with van der Waals surface area (Å²) in [4.78, 5) is 23.4. The van der Waals surface area contributed by atoms with Crippen LogP contribution in [0, 0.1) is 0 Å². The third-order valence-electron chi connectivity index (χ3n) is 5.24. The summed E-state index contributed by atoms with van der Waals surface area (Å²) < 4.78 is 2.20. The number of thiazole rings is 1. The minimum Gasteiger partial charge on any atom is -0.324 e. The number of hydrogen-bond acceptors (Lipinski definition) is 6. The van der Waals surface area contributed by atoms with Crippen LogP contribution in [0.15, 0.2) is 36.1 Å². The minimum absolute atomic E-state index is 0.111. The third kappa shape index (κ3) is 3.49. The molecule has 144 valence electrons. The molecule has 28 heavy (non-hydrogen) atoms. The van der Waals surface area contributed by atoms with Gasteiger partial charge in [0.15, 0.2) is 0 Å². The Balaban J connectivity index is 1.25. The molecule has 1 saturated heterocycles. The lowest BCUT2D eigenvalue weighted by Crippen LogP contribution is -2.42. The van der Waals surface area contributed by atoms with E-state index in [1.807, 2.05) is 34.8 Å². The Kier molecular flexibility index (Phi) is 4.52. The molecule has 2 aliphatic rings. The molecule has 8 nitrogen and oxygen atoms in total. The standard InChI is InChI=1S/C19H21N7OS/c27-19(23-16-11-28-18(22-16)15-5-1-2-8-20-15)25-9-3-4-13(10-25)17-24-21-12-26(17)14-6-7-14/h1-2,5,8,11-14H,3-4,6-7,9-10H2,(H,23,27). The fourth-order valence-electron chi connectivity index (χ4n) is 3.68. The van der Waals surface area contributed by atoms with Crippen LogP contribution in [-0.4, -0.2) is 48.8 Å². The number of rotatable bonds is 4. The van der Waals surface area contributed by atoms with Crippen molar-refractivity contribution in [1.82, 2.24) is 29.6 Å². The van der Waals surface area contributed by atoms with Crippen LogP contribution in [0.5, 0.6) is 0 Å². The Morgan fingerprint density at radius 3 is 3.00 bits per heavy atom. The summed E-state index contributed by atoms with van der Waals surface area (Å²) in [6, 6.07) is 6.15. The normalized spacial score (nSPS) is 19.6. The van der Waals surface area contributed by atoms with Gasteiger partial charge in [-0.2, -0.15) is 0 Å². The predicted molar refractivity (Wildman–Crippen MR) is 106 cm³/mol. The van der Waals surface area contributed by atoms with Crippen LogP contribution in [0.2, 0.25) is 0 Å². The lowest BCUT2D eigenvalue weighted by Gasteiger charge is -2.32. The number of likely N-dealkylation sites (tertiary alicyclic amines) is 1. The van der Waals surface area contributed by atoms with E-state index in [-0.39, 0.29) is 11.9 Å². The molecule has 0 aromatic carbocycles. The van der Waals surface area contributed by atoms with Crippen molar-refractivity contribution in [3.63, 3.8) is 0 Å². The zero-order valence-corrected chi connectivity index (χ0v) is 16.2. The number of carbonyl (C=O) groups is 1. The molecule has 9 heteroatoms. The molecule has 1 atom stereocenters. The van der Waals surface area contributed by atoms with Crippen LogP contribution in [0.1, 0.15) is 43.5 Å². The number of pyridine rings is 1. The van der Waals surface area contributed by atoms with E-state index in [9.17, 15) is 4.79 Å². The molecule has 1 N–H and O–H groups in total. The summed E-state index contributed by atoms with van der Waals surface area (Å²) in [7, 11) is 0. The molecule has 2 amide bonds. The Labute approximate surface area is 166 Å². The van der Waals surface area contributed by atoms with Gasteiger partial charge in [-0.15, -0.1) is 21.5 Å². The van der Waals surface area contributed by atoms with Crippen molar-refractivity contribution in [3.8, 4) is 10.7 Å². The van der Waals surface area contributed by atoms with Gasteiger partial charge in [0.1, 0.15) is 23.0 Å². The van der Waals surface area contributed by atoms with Crippen LogP contribution >= 0.6 is 11.3 Å². The topological polar surface area (TPSA) is 88.8 Å². The highest BCUT2D eigenvalue weighted by Crippen LogP contribution is 2.38. The zero-order chi connectivity index (χ0) is 18.9. The number of piperidine rings is 1. The molecule has 0 radical (unpaired) electrons. The molecular weight excluding hydrogens is 374 g/mol. The molecular formula is C19H21N7OS. The molecule has 2 fully saturated rings. The van der Waals surface area contributed by atoms with Crippen LogP contribution in [0.25, 0.3) is 10.7 Å². The van der Waals surface area contributed by atoms with E-state index in [2.05, 4.69) is 30.0 Å². The molecule has 0 spiro atoms. The zero-order valence-electron chi connectivity index (χ0n) is 15.4. The summed E-state index contributed by atoms with van der Waals surface area (Å²) in [5, 5.41) is 14.0. The van der Waals surface area contributed by atoms with Crippen LogP contribution < -0.4 is 5.32 Å². The Hall–Kier alpha value is -2.81. The fourth-order valence-corrected chi connectivity index (χ4v) is 4.40. The lowest BCUT2D eigenvalue weighted by atomic mass is 9.97. The average molecular weight is 395 g/mol. The van der Waals surface area contributed by atoms with E-state index in [1.54, 1.807) is 6.20 Å². The number of aromatic nitrogens is 5. The lowest BCUT2D eigenvalue weighted by molar-refractivity contribution is 0.190. The number of amides is 2. The smallest absolute Gasteiger partial charge is 0.323 e. The summed E-state index contributed by atoms with van der Waals surface area (Å²) in [5.74, 6) is 1.83. The van der Waals surface area contributed by atoms with Crippen LogP contribution in [-0.2, 0) is 0 Å². The van der Waals surface area contributed by atoms with E-state index >= 15 is 0 Å². The van der Waals surface area contributed by atoms with Gasteiger partial charge in [-0.1, -0.05) is 6.07 Å². The molecule has 3 aromatic heterocycles. The largest absolute Gasteiger partial charge is 0.324 e. The maximum Gasteiger partial charge on any atom is 0.323 e. The van der Waals surface area contributed by atoms with Crippen molar-refractivity contribution < 1.29 is 4.79 Å². The van der Waals surface area contributed by atoms with Crippen molar-refractivity contribution in [2.24, 2.45) is 0 Å². The first-order valence-electron chi connectivity index (χ1n) is 9.60. The second-order valence-corrected chi connectivity index (χ2v) is 8.15. The van der Waals surface area contributed by atoms with Gasteiger partial charge in [-0.05, 0) is 37.8 Å². The van der Waals surface area contributed by atoms with E-state index in [0.717, 1.165) is 35.9 Å². The molecule has 1 aliphatic carbocycles. The number of nitrogens with zero attached hydrogens (tertiary/aromatic N) is 6. The number of nitrogens with one attached hydrogen (secondary N) is 1. The molecule has 3 aromatic rings. The molecule has 5 rings (SSSR count). The highest BCUT2D eigenvalue weighted by molar-refractivity contribution is 7.13. The van der Waals surface area contributed by atoms with E-state index in [1.165, 1.54) is 24.2 Å². The Morgan fingerprint density at radius 2 is 2.18 bits per heavy atom. The number of hydrogen-bond donors (Lipinski definition) is 1. The summed E-state index contributed by atoms with van der Waals surface area (Å²) >= 11 is 1.47. The third-order valence-corrected chi connectivity index (χ3v) is 6.10. The molecule has 1 unspecified atom stereocenters. The maximum absolute atomic E-state index is 12.8. The monoisotopic (exact) mass is 395 g/mol. The van der Waals surface area contributed by atoms with Crippen molar-refractivity contribution in [3.05, 3.63) is 41.9 Å². The summed E-state index contributed by atoms with van der Waals surface area (Å²) in [6.07, 6.45) is 7.97. The first kappa shape index (κ1) is 17.3. The Bertz CT molecular complexity index is 966. The van der Waals surface area contributed by atoms with Gasteiger partial charge in [0.2, 0.25) is 0 Å². The van der Waals surface area contributed by atoms with Crippen molar-refractivity contribution >= 4 is 23.2 Å². The highest BCUT2D eigenvalue weighted by atomic mass is 32.1. The van der Waals surface area contributed by atoms with E-state index < -0.39 is 0 Å². The fraction of sp³-hybridized carbons (Fsp3) is 0.421.